The number of amides is 1. The van der Waals surface area contributed by atoms with Crippen molar-refractivity contribution < 1.29 is 31.1 Å². The highest BCUT2D eigenvalue weighted by Crippen LogP contribution is 2.32. The Kier molecular flexibility index (Phi) is 5.65. The summed E-state index contributed by atoms with van der Waals surface area (Å²) in [5.74, 6) is 0.366. The van der Waals surface area contributed by atoms with Crippen LogP contribution < -0.4 is 4.74 Å². The van der Waals surface area contributed by atoms with Crippen LogP contribution in [-0.2, 0) is 27.4 Å². The van der Waals surface area contributed by atoms with Gasteiger partial charge >= 0.3 is 6.18 Å². The second kappa shape index (κ2) is 7.99. The Morgan fingerprint density at radius 2 is 1.68 bits per heavy atom. The number of fused-ring (bicyclic) bond motifs is 1. The van der Waals surface area contributed by atoms with E-state index < -0.39 is 27.9 Å². The molecule has 1 amide bonds. The highest BCUT2D eigenvalue weighted by atomic mass is 35.5. The molecular weight excluding hydrogens is 457 g/mol. The average molecular weight is 475 g/mol. The van der Waals surface area contributed by atoms with Crippen molar-refractivity contribution in [1.29, 1.82) is 0 Å². The molecule has 0 saturated carbocycles. The molecule has 1 unspecified atom stereocenters. The molecule has 1 saturated heterocycles. The molecule has 2 heterocycles. The molecule has 0 radical (unpaired) electrons. The van der Waals surface area contributed by atoms with E-state index in [0.29, 0.717) is 17.2 Å². The predicted octanol–water partition coefficient (Wildman–Crippen LogP) is 3.20. The molecule has 11 heteroatoms. The predicted molar refractivity (Wildman–Crippen MR) is 106 cm³/mol. The Morgan fingerprint density at radius 3 is 2.29 bits per heavy atom. The zero-order valence-corrected chi connectivity index (χ0v) is 17.7. The van der Waals surface area contributed by atoms with Crippen LogP contribution in [0.15, 0.2) is 47.4 Å². The van der Waals surface area contributed by atoms with Crippen LogP contribution in [0.2, 0.25) is 5.02 Å². The van der Waals surface area contributed by atoms with Gasteiger partial charge in [-0.1, -0.05) is 11.6 Å². The minimum atomic E-state index is -4.54. The van der Waals surface area contributed by atoms with E-state index in [9.17, 15) is 26.4 Å². The van der Waals surface area contributed by atoms with Gasteiger partial charge in [0.05, 0.1) is 10.5 Å². The topological polar surface area (TPSA) is 66.9 Å². The maximum absolute atomic E-state index is 12.8. The third-order valence-corrected chi connectivity index (χ3v) is 7.49. The quantitative estimate of drug-likeness (QED) is 0.685. The number of carbonyl (C=O) groups is 1. The van der Waals surface area contributed by atoms with Gasteiger partial charge in [0, 0.05) is 37.6 Å². The normalized spacial score (nSPS) is 19.7. The van der Waals surface area contributed by atoms with Crippen molar-refractivity contribution in [3.05, 3.63) is 58.6 Å². The van der Waals surface area contributed by atoms with E-state index in [1.54, 1.807) is 18.2 Å². The molecule has 0 spiro atoms. The molecule has 31 heavy (non-hydrogen) atoms. The minimum Gasteiger partial charge on any atom is -0.480 e. The third kappa shape index (κ3) is 4.37. The summed E-state index contributed by atoms with van der Waals surface area (Å²) in [4.78, 5) is 14.1. The molecular formula is C20H18ClF3N2O4S. The van der Waals surface area contributed by atoms with E-state index in [1.165, 1.54) is 9.21 Å². The van der Waals surface area contributed by atoms with Gasteiger partial charge in [0.1, 0.15) is 5.75 Å². The van der Waals surface area contributed by atoms with Crippen molar-refractivity contribution in [1.82, 2.24) is 9.21 Å². The molecule has 2 aliphatic rings. The van der Waals surface area contributed by atoms with Gasteiger partial charge in [0.2, 0.25) is 10.0 Å². The molecule has 0 aromatic heterocycles. The lowest BCUT2D eigenvalue weighted by atomic mass is 10.1. The lowest BCUT2D eigenvalue weighted by molar-refractivity contribution is -0.139. The summed E-state index contributed by atoms with van der Waals surface area (Å²) in [5, 5.41) is 0.553. The van der Waals surface area contributed by atoms with Crippen molar-refractivity contribution >= 4 is 27.5 Å². The van der Waals surface area contributed by atoms with Crippen LogP contribution in [0.4, 0.5) is 13.2 Å². The number of rotatable bonds is 3. The SMILES string of the molecule is O=C(C1Cc2cc(Cl)ccc2O1)N1CCN(S(=O)(=O)c2ccc(C(F)(F)F)cc2)CC1. The Labute approximate surface area is 182 Å². The largest absolute Gasteiger partial charge is 0.480 e. The number of alkyl halides is 3. The first-order chi connectivity index (χ1) is 14.6. The van der Waals surface area contributed by atoms with E-state index in [4.69, 9.17) is 16.3 Å². The van der Waals surface area contributed by atoms with E-state index in [-0.39, 0.29) is 37.0 Å². The van der Waals surface area contributed by atoms with Crippen LogP contribution in [0, 0.1) is 0 Å². The van der Waals surface area contributed by atoms with Crippen LogP contribution in [0.3, 0.4) is 0 Å². The Morgan fingerprint density at radius 1 is 1.03 bits per heavy atom. The van der Waals surface area contributed by atoms with Gasteiger partial charge in [-0.2, -0.15) is 17.5 Å². The number of carbonyl (C=O) groups excluding carboxylic acids is 1. The van der Waals surface area contributed by atoms with E-state index in [2.05, 4.69) is 0 Å². The third-order valence-electron chi connectivity index (χ3n) is 5.34. The molecule has 2 aromatic carbocycles. The van der Waals surface area contributed by atoms with Gasteiger partial charge in [-0.05, 0) is 48.0 Å². The molecule has 166 valence electrons. The van der Waals surface area contributed by atoms with Crippen molar-refractivity contribution in [3.63, 3.8) is 0 Å². The molecule has 0 bridgehead atoms. The highest BCUT2D eigenvalue weighted by Gasteiger charge is 2.36. The number of hydrogen-bond acceptors (Lipinski definition) is 4. The smallest absolute Gasteiger partial charge is 0.416 e. The monoisotopic (exact) mass is 474 g/mol. The van der Waals surface area contributed by atoms with Crippen molar-refractivity contribution in [2.24, 2.45) is 0 Å². The van der Waals surface area contributed by atoms with Gasteiger partial charge < -0.3 is 9.64 Å². The summed E-state index contributed by atoms with van der Waals surface area (Å²) in [6, 6.07) is 8.52. The van der Waals surface area contributed by atoms with Crippen LogP contribution in [-0.4, -0.2) is 55.8 Å². The minimum absolute atomic E-state index is 0.0423. The Hall–Kier alpha value is -2.30. The number of sulfonamides is 1. The number of ether oxygens (including phenoxy) is 1. The fraction of sp³-hybridized carbons (Fsp3) is 0.350. The molecule has 4 rings (SSSR count). The average Bonchev–Trinajstić information content (AvgIpc) is 3.16. The molecule has 6 nitrogen and oxygen atoms in total. The summed E-state index contributed by atoms with van der Waals surface area (Å²) in [7, 11) is -3.96. The van der Waals surface area contributed by atoms with Crippen LogP contribution in [0.25, 0.3) is 0 Å². The van der Waals surface area contributed by atoms with Crippen molar-refractivity contribution in [2.75, 3.05) is 26.2 Å². The van der Waals surface area contributed by atoms with Gasteiger partial charge in [-0.15, -0.1) is 0 Å². The summed E-state index contributed by atoms with van der Waals surface area (Å²) in [5.41, 5.74) is -0.0740. The second-order valence-corrected chi connectivity index (χ2v) is 9.69. The Balaban J connectivity index is 1.38. The Bertz CT molecular complexity index is 1100. The van der Waals surface area contributed by atoms with Gasteiger partial charge in [0.15, 0.2) is 6.10 Å². The highest BCUT2D eigenvalue weighted by molar-refractivity contribution is 7.89. The lowest BCUT2D eigenvalue weighted by Crippen LogP contribution is -2.53. The first-order valence-electron chi connectivity index (χ1n) is 9.47. The summed E-state index contributed by atoms with van der Waals surface area (Å²) < 4.78 is 70.5. The first kappa shape index (κ1) is 21.9. The first-order valence-corrected chi connectivity index (χ1v) is 11.3. The van der Waals surface area contributed by atoms with Crippen LogP contribution in [0.1, 0.15) is 11.1 Å². The number of nitrogens with zero attached hydrogens (tertiary/aromatic N) is 2. The molecule has 2 aromatic rings. The number of hydrogen-bond donors (Lipinski definition) is 0. The van der Waals surface area contributed by atoms with Gasteiger partial charge in [0.25, 0.3) is 5.91 Å². The van der Waals surface area contributed by atoms with Crippen LogP contribution in [0.5, 0.6) is 5.75 Å². The van der Waals surface area contributed by atoms with Gasteiger partial charge in [-0.25, -0.2) is 8.42 Å². The van der Waals surface area contributed by atoms with E-state index in [1.807, 2.05) is 0 Å². The maximum Gasteiger partial charge on any atom is 0.416 e. The molecule has 1 atom stereocenters. The number of halogens is 4. The van der Waals surface area contributed by atoms with Crippen molar-refractivity contribution in [2.45, 2.75) is 23.6 Å². The second-order valence-electron chi connectivity index (χ2n) is 7.31. The summed E-state index contributed by atoms with van der Waals surface area (Å²) >= 11 is 5.97. The number of piperazine rings is 1. The maximum atomic E-state index is 12.8. The zero-order valence-electron chi connectivity index (χ0n) is 16.1. The molecule has 0 N–H and O–H groups in total. The van der Waals surface area contributed by atoms with Gasteiger partial charge in [-0.3, -0.25) is 4.79 Å². The fourth-order valence-corrected chi connectivity index (χ4v) is 5.29. The molecule has 0 aliphatic carbocycles. The molecule has 2 aliphatic heterocycles. The zero-order chi connectivity index (χ0) is 22.4. The summed E-state index contributed by atoms with van der Waals surface area (Å²) in [6.45, 7) is 0.409. The van der Waals surface area contributed by atoms with Crippen molar-refractivity contribution in [3.8, 4) is 5.75 Å². The number of benzene rings is 2. The standard InChI is InChI=1S/C20H18ClF3N2O4S/c21-15-3-6-17-13(11-15)12-18(30-17)19(27)25-7-9-26(10-8-25)31(28,29)16-4-1-14(2-5-16)20(22,23)24/h1-6,11,18H,7-10,12H2. The summed E-state index contributed by atoms with van der Waals surface area (Å²) in [6.07, 6.45) is -4.84. The van der Waals surface area contributed by atoms with E-state index in [0.717, 1.165) is 29.8 Å². The fourth-order valence-electron chi connectivity index (χ4n) is 3.67. The molecule has 1 fully saturated rings. The van der Waals surface area contributed by atoms with Crippen LogP contribution >= 0.6 is 11.6 Å². The lowest BCUT2D eigenvalue weighted by Gasteiger charge is -2.35. The van der Waals surface area contributed by atoms with E-state index >= 15 is 0 Å².